The smallest absolute Gasteiger partial charge is 0.348 e. The molecule has 12 heavy (non-hydrogen) atoms. The van der Waals surface area contributed by atoms with Gasteiger partial charge in [0.25, 0.3) is 0 Å². The number of hydrogen-bond donors (Lipinski definition) is 1. The molecule has 4 heteroatoms. The van der Waals surface area contributed by atoms with Crippen LogP contribution in [0.25, 0.3) is 0 Å². The van der Waals surface area contributed by atoms with E-state index in [1.54, 1.807) is 13.0 Å². The molecule has 0 bridgehead atoms. The van der Waals surface area contributed by atoms with Crippen molar-refractivity contribution in [3.8, 4) is 5.88 Å². The third-order valence-corrected chi connectivity index (χ3v) is 1.21. The number of nitrogens with one attached hydrogen (secondary N) is 1. The van der Waals surface area contributed by atoms with Gasteiger partial charge in [0.1, 0.15) is 0 Å². The fraction of sp³-hybridized carbons (Fsp3) is 0.500. The summed E-state index contributed by atoms with van der Waals surface area (Å²) in [4.78, 5) is 17.0. The monoisotopic (exact) mass is 168 g/mol. The summed E-state index contributed by atoms with van der Waals surface area (Å²) in [6.07, 6.45) is 0.0405. The van der Waals surface area contributed by atoms with E-state index in [1.807, 2.05) is 13.8 Å². The van der Waals surface area contributed by atoms with Crippen molar-refractivity contribution in [2.24, 2.45) is 0 Å². The Morgan fingerprint density at radius 2 is 2.25 bits per heavy atom. The fourth-order valence-corrected chi connectivity index (χ4v) is 0.852. The van der Waals surface area contributed by atoms with E-state index in [0.717, 1.165) is 5.69 Å². The van der Waals surface area contributed by atoms with Crippen LogP contribution in [0.2, 0.25) is 0 Å². The molecule has 0 amide bonds. The van der Waals surface area contributed by atoms with Crippen molar-refractivity contribution in [3.05, 3.63) is 22.2 Å². The van der Waals surface area contributed by atoms with Crippen LogP contribution in [0, 0.1) is 6.92 Å². The Kier molecular flexibility index (Phi) is 2.47. The van der Waals surface area contributed by atoms with Crippen LogP contribution >= 0.6 is 0 Å². The molecular weight excluding hydrogens is 156 g/mol. The van der Waals surface area contributed by atoms with E-state index in [0.29, 0.717) is 5.88 Å². The Hall–Kier alpha value is -1.32. The molecule has 0 aromatic carbocycles. The van der Waals surface area contributed by atoms with Gasteiger partial charge < -0.3 is 9.72 Å². The molecule has 0 radical (unpaired) electrons. The highest BCUT2D eigenvalue weighted by Gasteiger charge is 2.00. The maximum absolute atomic E-state index is 10.8. The summed E-state index contributed by atoms with van der Waals surface area (Å²) in [6, 6.07) is 1.70. The fourth-order valence-electron chi connectivity index (χ4n) is 0.852. The van der Waals surface area contributed by atoms with Gasteiger partial charge in [-0.1, -0.05) is 0 Å². The number of aromatic amines is 1. The summed E-state index contributed by atoms with van der Waals surface area (Å²) in [5, 5.41) is 0. The number of aryl methyl sites for hydroxylation is 1. The standard InChI is InChI=1S/C8H12N2O2/c1-5(2)12-7-4-6(3)9-8(11)10-7/h4-5H,1-3H3,(H,9,10,11). The topological polar surface area (TPSA) is 55.0 Å². The van der Waals surface area contributed by atoms with Crippen LogP contribution in [0.1, 0.15) is 19.5 Å². The SMILES string of the molecule is Cc1cc(OC(C)C)nc(=O)[nH]1. The Morgan fingerprint density at radius 1 is 1.58 bits per heavy atom. The van der Waals surface area contributed by atoms with Crippen molar-refractivity contribution >= 4 is 0 Å². The number of H-pyrrole nitrogens is 1. The van der Waals surface area contributed by atoms with E-state index in [-0.39, 0.29) is 11.8 Å². The summed E-state index contributed by atoms with van der Waals surface area (Å²) in [6.45, 7) is 5.56. The zero-order valence-corrected chi connectivity index (χ0v) is 7.42. The maximum Gasteiger partial charge on any atom is 0.348 e. The predicted octanol–water partition coefficient (Wildman–Crippen LogP) is 0.866. The largest absolute Gasteiger partial charge is 0.475 e. The van der Waals surface area contributed by atoms with E-state index in [1.165, 1.54) is 0 Å². The van der Waals surface area contributed by atoms with Crippen molar-refractivity contribution in [1.82, 2.24) is 9.97 Å². The van der Waals surface area contributed by atoms with E-state index in [2.05, 4.69) is 9.97 Å². The highest BCUT2D eigenvalue weighted by atomic mass is 16.5. The van der Waals surface area contributed by atoms with Gasteiger partial charge in [0.15, 0.2) is 0 Å². The van der Waals surface area contributed by atoms with Crippen molar-refractivity contribution < 1.29 is 4.74 Å². The van der Waals surface area contributed by atoms with Gasteiger partial charge in [0.2, 0.25) is 5.88 Å². The van der Waals surface area contributed by atoms with Gasteiger partial charge in [-0.05, 0) is 20.8 Å². The lowest BCUT2D eigenvalue weighted by Crippen LogP contribution is -2.15. The molecule has 1 heterocycles. The van der Waals surface area contributed by atoms with Crippen LogP contribution in [0.3, 0.4) is 0 Å². The first-order valence-corrected chi connectivity index (χ1v) is 3.82. The molecule has 1 aromatic rings. The Labute approximate surface area is 70.6 Å². The first kappa shape index (κ1) is 8.77. The lowest BCUT2D eigenvalue weighted by molar-refractivity contribution is 0.231. The second-order valence-electron chi connectivity index (χ2n) is 2.87. The third kappa shape index (κ3) is 2.38. The molecule has 0 unspecified atom stereocenters. The van der Waals surface area contributed by atoms with Crippen LogP contribution in [0.5, 0.6) is 5.88 Å². The molecule has 0 spiro atoms. The van der Waals surface area contributed by atoms with Gasteiger partial charge in [-0.25, -0.2) is 4.79 Å². The summed E-state index contributed by atoms with van der Waals surface area (Å²) >= 11 is 0. The molecule has 0 saturated heterocycles. The highest BCUT2D eigenvalue weighted by molar-refractivity contribution is 5.12. The molecule has 0 aliphatic rings. The molecule has 4 nitrogen and oxygen atoms in total. The quantitative estimate of drug-likeness (QED) is 0.712. The second kappa shape index (κ2) is 3.38. The molecule has 0 saturated carbocycles. The van der Waals surface area contributed by atoms with E-state index in [9.17, 15) is 4.79 Å². The maximum atomic E-state index is 10.8. The molecule has 1 rings (SSSR count). The third-order valence-electron chi connectivity index (χ3n) is 1.21. The molecular formula is C8H12N2O2. The van der Waals surface area contributed by atoms with Gasteiger partial charge in [-0.2, -0.15) is 4.98 Å². The lowest BCUT2D eigenvalue weighted by Gasteiger charge is -2.07. The van der Waals surface area contributed by atoms with Crippen LogP contribution < -0.4 is 10.4 Å². The molecule has 66 valence electrons. The summed E-state index contributed by atoms with van der Waals surface area (Å²) in [5.74, 6) is 0.381. The van der Waals surface area contributed by atoms with Gasteiger partial charge in [-0.15, -0.1) is 0 Å². The molecule has 1 N–H and O–H groups in total. The van der Waals surface area contributed by atoms with E-state index >= 15 is 0 Å². The zero-order valence-electron chi connectivity index (χ0n) is 7.42. The number of aromatic nitrogens is 2. The first-order valence-electron chi connectivity index (χ1n) is 3.82. The molecule has 0 fully saturated rings. The summed E-state index contributed by atoms with van der Waals surface area (Å²) < 4.78 is 5.24. The van der Waals surface area contributed by atoms with Crippen LogP contribution in [-0.2, 0) is 0 Å². The van der Waals surface area contributed by atoms with Crippen molar-refractivity contribution in [2.75, 3.05) is 0 Å². The van der Waals surface area contributed by atoms with Gasteiger partial charge in [-0.3, -0.25) is 0 Å². The minimum Gasteiger partial charge on any atom is -0.475 e. The van der Waals surface area contributed by atoms with Crippen molar-refractivity contribution in [3.63, 3.8) is 0 Å². The number of rotatable bonds is 2. The van der Waals surface area contributed by atoms with Crippen LogP contribution in [0.4, 0.5) is 0 Å². The first-order chi connectivity index (χ1) is 5.58. The molecule has 0 aliphatic carbocycles. The predicted molar refractivity (Wildman–Crippen MR) is 45.4 cm³/mol. The summed E-state index contributed by atoms with van der Waals surface area (Å²) in [7, 11) is 0. The van der Waals surface area contributed by atoms with E-state index < -0.39 is 0 Å². The van der Waals surface area contributed by atoms with Crippen LogP contribution in [-0.4, -0.2) is 16.1 Å². The minimum absolute atomic E-state index is 0.0405. The van der Waals surface area contributed by atoms with Gasteiger partial charge in [0, 0.05) is 11.8 Å². The van der Waals surface area contributed by atoms with Crippen LogP contribution in [0.15, 0.2) is 10.9 Å². The van der Waals surface area contributed by atoms with Crippen molar-refractivity contribution in [1.29, 1.82) is 0 Å². The van der Waals surface area contributed by atoms with Crippen molar-refractivity contribution in [2.45, 2.75) is 26.9 Å². The highest BCUT2D eigenvalue weighted by Crippen LogP contribution is 2.05. The van der Waals surface area contributed by atoms with Gasteiger partial charge >= 0.3 is 5.69 Å². The average molecular weight is 168 g/mol. The Morgan fingerprint density at radius 3 is 2.75 bits per heavy atom. The van der Waals surface area contributed by atoms with Gasteiger partial charge in [0.05, 0.1) is 6.10 Å². The lowest BCUT2D eigenvalue weighted by atomic mass is 10.4. The minimum atomic E-state index is -0.370. The molecule has 1 aromatic heterocycles. The second-order valence-corrected chi connectivity index (χ2v) is 2.87. The molecule has 0 aliphatic heterocycles. The number of ether oxygens (including phenoxy) is 1. The molecule has 0 atom stereocenters. The zero-order chi connectivity index (χ0) is 9.14. The summed E-state index contributed by atoms with van der Waals surface area (Å²) in [5.41, 5.74) is 0.385. The number of nitrogens with zero attached hydrogens (tertiary/aromatic N) is 1. The Bertz CT molecular complexity index is 317. The average Bonchev–Trinajstić information content (AvgIpc) is 1.81. The Balaban J connectivity index is 2.93. The normalized spacial score (nSPS) is 10.3. The van der Waals surface area contributed by atoms with E-state index in [4.69, 9.17) is 4.74 Å². The number of hydrogen-bond acceptors (Lipinski definition) is 3.